The lowest BCUT2D eigenvalue weighted by atomic mass is 10.2. The Balaban J connectivity index is 2.08. The van der Waals surface area contributed by atoms with Crippen LogP contribution in [0.15, 0.2) is 30.5 Å². The summed E-state index contributed by atoms with van der Waals surface area (Å²) in [5, 5.41) is 6.16. The van der Waals surface area contributed by atoms with E-state index < -0.39 is 0 Å². The van der Waals surface area contributed by atoms with Gasteiger partial charge in [0.1, 0.15) is 11.0 Å². The number of carbonyl (C=O) groups is 1. The lowest BCUT2D eigenvalue weighted by Gasteiger charge is -2.09. The molecule has 0 radical (unpaired) electrons. The van der Waals surface area contributed by atoms with E-state index in [1.807, 2.05) is 26.0 Å². The van der Waals surface area contributed by atoms with E-state index in [2.05, 4.69) is 20.6 Å². The molecule has 0 unspecified atom stereocenters. The summed E-state index contributed by atoms with van der Waals surface area (Å²) >= 11 is 5.93. The molecule has 0 saturated carbocycles. The molecular formula is C15H17ClN4O. The van der Waals surface area contributed by atoms with Gasteiger partial charge in [-0.25, -0.2) is 4.98 Å². The number of hydrogen-bond donors (Lipinski definition) is 2. The zero-order chi connectivity index (χ0) is 15.2. The van der Waals surface area contributed by atoms with Crippen molar-refractivity contribution in [1.82, 2.24) is 15.3 Å². The summed E-state index contributed by atoms with van der Waals surface area (Å²) < 4.78 is 0. The van der Waals surface area contributed by atoms with Crippen molar-refractivity contribution in [2.75, 3.05) is 11.9 Å². The minimum Gasteiger partial charge on any atom is -0.370 e. The van der Waals surface area contributed by atoms with Gasteiger partial charge in [-0.1, -0.05) is 17.7 Å². The highest BCUT2D eigenvalue weighted by Crippen LogP contribution is 2.14. The molecular weight excluding hydrogens is 288 g/mol. The van der Waals surface area contributed by atoms with E-state index in [-0.39, 0.29) is 11.1 Å². The van der Waals surface area contributed by atoms with E-state index in [9.17, 15) is 4.79 Å². The van der Waals surface area contributed by atoms with Gasteiger partial charge in [0.05, 0.1) is 12.2 Å². The third-order valence-corrected chi connectivity index (χ3v) is 3.14. The van der Waals surface area contributed by atoms with E-state index in [1.165, 1.54) is 0 Å². The molecule has 2 rings (SSSR count). The van der Waals surface area contributed by atoms with Gasteiger partial charge in [-0.15, -0.1) is 0 Å². The molecule has 21 heavy (non-hydrogen) atoms. The highest BCUT2D eigenvalue weighted by atomic mass is 35.5. The van der Waals surface area contributed by atoms with Crippen molar-refractivity contribution in [2.45, 2.75) is 20.4 Å². The summed E-state index contributed by atoms with van der Waals surface area (Å²) in [6, 6.07) is 7.05. The van der Waals surface area contributed by atoms with Crippen molar-refractivity contribution in [3.63, 3.8) is 0 Å². The Morgan fingerprint density at radius 3 is 2.90 bits per heavy atom. The quantitative estimate of drug-likeness (QED) is 0.834. The van der Waals surface area contributed by atoms with Gasteiger partial charge in [0.15, 0.2) is 0 Å². The topological polar surface area (TPSA) is 66.9 Å². The molecule has 5 nitrogen and oxygen atoms in total. The molecule has 2 aromatic rings. The Hall–Kier alpha value is -2.14. The SMILES string of the molecule is CCNc1cc(C(=O)NCc2ncccc2C)cc(Cl)n1. The molecule has 0 spiro atoms. The van der Waals surface area contributed by atoms with Gasteiger partial charge >= 0.3 is 0 Å². The summed E-state index contributed by atoms with van der Waals surface area (Å²) in [6.45, 7) is 5.00. The average molecular weight is 305 g/mol. The molecule has 1 amide bonds. The summed E-state index contributed by atoms with van der Waals surface area (Å²) in [5.41, 5.74) is 2.36. The molecule has 0 fully saturated rings. The van der Waals surface area contributed by atoms with Gasteiger partial charge < -0.3 is 10.6 Å². The number of amides is 1. The van der Waals surface area contributed by atoms with Crippen LogP contribution in [-0.4, -0.2) is 22.4 Å². The largest absolute Gasteiger partial charge is 0.370 e. The van der Waals surface area contributed by atoms with Crippen LogP contribution in [0.25, 0.3) is 0 Å². The third-order valence-electron chi connectivity index (χ3n) is 2.95. The van der Waals surface area contributed by atoms with E-state index in [1.54, 1.807) is 18.3 Å². The van der Waals surface area contributed by atoms with Crippen LogP contribution in [0.3, 0.4) is 0 Å². The molecule has 2 N–H and O–H groups in total. The number of aromatic nitrogens is 2. The molecule has 0 aliphatic heterocycles. The van der Waals surface area contributed by atoms with E-state index in [4.69, 9.17) is 11.6 Å². The number of pyridine rings is 2. The van der Waals surface area contributed by atoms with Crippen molar-refractivity contribution in [1.29, 1.82) is 0 Å². The summed E-state index contributed by atoms with van der Waals surface area (Å²) in [4.78, 5) is 20.5. The minimum atomic E-state index is -0.205. The molecule has 2 heterocycles. The second kappa shape index (κ2) is 7.04. The Labute approximate surface area is 128 Å². The molecule has 110 valence electrons. The smallest absolute Gasteiger partial charge is 0.251 e. The zero-order valence-corrected chi connectivity index (χ0v) is 12.7. The normalized spacial score (nSPS) is 10.2. The van der Waals surface area contributed by atoms with Crippen LogP contribution in [-0.2, 0) is 6.54 Å². The zero-order valence-electron chi connectivity index (χ0n) is 12.0. The van der Waals surface area contributed by atoms with Crippen LogP contribution in [0.1, 0.15) is 28.5 Å². The summed E-state index contributed by atoms with van der Waals surface area (Å²) in [7, 11) is 0. The highest BCUT2D eigenvalue weighted by molar-refractivity contribution is 6.29. The van der Waals surface area contributed by atoms with E-state index in [0.29, 0.717) is 24.5 Å². The molecule has 0 saturated heterocycles. The maximum atomic E-state index is 12.2. The van der Waals surface area contributed by atoms with Crippen molar-refractivity contribution in [3.05, 3.63) is 52.4 Å². The number of nitrogens with one attached hydrogen (secondary N) is 2. The standard InChI is InChI=1S/C15H17ClN4O/c1-3-17-14-8-11(7-13(16)20-14)15(21)19-9-12-10(2)5-4-6-18-12/h4-8H,3,9H2,1-2H3,(H,17,20)(H,19,21). The monoisotopic (exact) mass is 304 g/mol. The Morgan fingerprint density at radius 2 is 2.19 bits per heavy atom. The van der Waals surface area contributed by atoms with Gasteiger partial charge in [-0.05, 0) is 37.6 Å². The lowest BCUT2D eigenvalue weighted by Crippen LogP contribution is -2.24. The Morgan fingerprint density at radius 1 is 1.38 bits per heavy atom. The highest BCUT2D eigenvalue weighted by Gasteiger charge is 2.10. The molecule has 2 aromatic heterocycles. The van der Waals surface area contributed by atoms with Gasteiger partial charge in [0, 0.05) is 18.3 Å². The maximum absolute atomic E-state index is 12.2. The molecule has 0 atom stereocenters. The van der Waals surface area contributed by atoms with Crippen molar-refractivity contribution >= 4 is 23.3 Å². The number of hydrogen-bond acceptors (Lipinski definition) is 4. The third kappa shape index (κ3) is 4.16. The fraction of sp³-hybridized carbons (Fsp3) is 0.267. The van der Waals surface area contributed by atoms with Crippen molar-refractivity contribution < 1.29 is 4.79 Å². The Kier molecular flexibility index (Phi) is 5.11. The van der Waals surface area contributed by atoms with E-state index in [0.717, 1.165) is 11.3 Å². The first kappa shape index (κ1) is 15.3. The van der Waals surface area contributed by atoms with E-state index >= 15 is 0 Å². The van der Waals surface area contributed by atoms with Crippen LogP contribution < -0.4 is 10.6 Å². The molecule has 0 bridgehead atoms. The van der Waals surface area contributed by atoms with Crippen molar-refractivity contribution in [2.24, 2.45) is 0 Å². The molecule has 6 heteroatoms. The number of nitrogens with zero attached hydrogens (tertiary/aromatic N) is 2. The second-order valence-corrected chi connectivity index (χ2v) is 4.93. The Bertz CT molecular complexity index is 645. The summed E-state index contributed by atoms with van der Waals surface area (Å²) in [6.07, 6.45) is 1.71. The fourth-order valence-corrected chi connectivity index (χ4v) is 2.08. The lowest BCUT2D eigenvalue weighted by molar-refractivity contribution is 0.0950. The predicted molar refractivity (Wildman–Crippen MR) is 83.6 cm³/mol. The maximum Gasteiger partial charge on any atom is 0.251 e. The first-order valence-corrected chi connectivity index (χ1v) is 7.08. The van der Waals surface area contributed by atoms with Crippen molar-refractivity contribution in [3.8, 4) is 0 Å². The van der Waals surface area contributed by atoms with Gasteiger partial charge in [0.2, 0.25) is 0 Å². The number of rotatable bonds is 5. The van der Waals surface area contributed by atoms with Crippen LogP contribution in [0.4, 0.5) is 5.82 Å². The predicted octanol–water partition coefficient (Wildman–Crippen LogP) is 2.80. The summed E-state index contributed by atoms with van der Waals surface area (Å²) in [5.74, 6) is 0.382. The first-order chi connectivity index (χ1) is 10.1. The van der Waals surface area contributed by atoms with Crippen LogP contribution in [0.2, 0.25) is 5.15 Å². The van der Waals surface area contributed by atoms with Gasteiger partial charge in [0.25, 0.3) is 5.91 Å². The van der Waals surface area contributed by atoms with Crippen LogP contribution in [0.5, 0.6) is 0 Å². The molecule has 0 aromatic carbocycles. The van der Waals surface area contributed by atoms with Gasteiger partial charge in [-0.3, -0.25) is 9.78 Å². The molecule has 0 aliphatic rings. The minimum absolute atomic E-state index is 0.205. The fourth-order valence-electron chi connectivity index (χ4n) is 1.87. The van der Waals surface area contributed by atoms with Crippen LogP contribution >= 0.6 is 11.6 Å². The van der Waals surface area contributed by atoms with Crippen LogP contribution in [0, 0.1) is 6.92 Å². The number of anilines is 1. The number of halogens is 1. The molecule has 0 aliphatic carbocycles. The second-order valence-electron chi connectivity index (χ2n) is 4.54. The number of aryl methyl sites for hydroxylation is 1. The van der Waals surface area contributed by atoms with Gasteiger partial charge in [-0.2, -0.15) is 0 Å². The number of carbonyl (C=O) groups excluding carboxylic acids is 1. The average Bonchev–Trinajstić information content (AvgIpc) is 2.46. The first-order valence-electron chi connectivity index (χ1n) is 6.70.